The summed E-state index contributed by atoms with van der Waals surface area (Å²) in [6, 6.07) is 11.3. The molecule has 3 aliphatic rings. The smallest absolute Gasteiger partial charge is 0.245 e. The van der Waals surface area contributed by atoms with Crippen LogP contribution in [0.4, 0.5) is 5.69 Å². The number of likely N-dealkylation sites (tertiary alicyclic amines) is 1. The molecule has 30 heavy (non-hydrogen) atoms. The van der Waals surface area contributed by atoms with E-state index in [9.17, 15) is 15.0 Å². The lowest BCUT2D eigenvalue weighted by atomic mass is 9.77. The van der Waals surface area contributed by atoms with E-state index in [1.165, 1.54) is 12.1 Å². The molecule has 1 fully saturated rings. The number of amides is 1. The minimum Gasteiger partial charge on any atom is -0.504 e. The number of ether oxygens (including phenoxy) is 1. The van der Waals surface area contributed by atoms with E-state index in [1.54, 1.807) is 0 Å². The highest BCUT2D eigenvalue weighted by Crippen LogP contribution is 2.54. The third kappa shape index (κ3) is 2.70. The molecule has 0 aromatic heterocycles. The first-order chi connectivity index (χ1) is 14.4. The number of aromatic hydroxyl groups is 2. The number of para-hydroxylation sites is 1. The zero-order chi connectivity index (χ0) is 21.0. The lowest BCUT2D eigenvalue weighted by Gasteiger charge is -2.36. The number of phenolic OH excluding ortho intramolecular Hbond substituents is 2. The maximum atomic E-state index is 13.9. The Morgan fingerprint density at radius 2 is 1.80 bits per heavy atom. The molecule has 1 atom stereocenters. The first-order valence-corrected chi connectivity index (χ1v) is 10.8. The second-order valence-corrected chi connectivity index (χ2v) is 9.04. The van der Waals surface area contributed by atoms with Crippen LogP contribution in [-0.4, -0.2) is 53.3 Å². The van der Waals surface area contributed by atoms with Gasteiger partial charge in [-0.25, -0.2) is 0 Å². The maximum Gasteiger partial charge on any atom is 0.245 e. The fourth-order valence-corrected chi connectivity index (χ4v) is 5.29. The molecule has 6 nitrogen and oxygen atoms in total. The molecule has 1 amide bonds. The molecule has 0 radical (unpaired) electrons. The van der Waals surface area contributed by atoms with Crippen molar-refractivity contribution in [1.29, 1.82) is 0 Å². The van der Waals surface area contributed by atoms with Crippen molar-refractivity contribution >= 4 is 11.6 Å². The lowest BCUT2D eigenvalue weighted by molar-refractivity contribution is -0.122. The topological polar surface area (TPSA) is 73.2 Å². The molecule has 158 valence electrons. The molecule has 2 aromatic carbocycles. The number of carbonyl (C=O) groups excluding carboxylic acids is 1. The van der Waals surface area contributed by atoms with E-state index in [2.05, 4.69) is 18.7 Å². The molecule has 0 bridgehead atoms. The van der Waals surface area contributed by atoms with Gasteiger partial charge in [-0.2, -0.15) is 0 Å². The fourth-order valence-electron chi connectivity index (χ4n) is 5.29. The van der Waals surface area contributed by atoms with E-state index < -0.39 is 5.41 Å². The highest BCUT2D eigenvalue weighted by molar-refractivity contribution is 6.11. The van der Waals surface area contributed by atoms with Gasteiger partial charge in [0.2, 0.25) is 5.91 Å². The molecular formula is C24H28N2O4. The van der Waals surface area contributed by atoms with Crippen molar-refractivity contribution in [2.45, 2.75) is 38.1 Å². The Labute approximate surface area is 176 Å². The summed E-state index contributed by atoms with van der Waals surface area (Å²) in [6.45, 7) is 7.48. The minimum absolute atomic E-state index is 0.00108. The predicted octanol–water partition coefficient (Wildman–Crippen LogP) is 3.24. The van der Waals surface area contributed by atoms with E-state index in [-0.39, 0.29) is 24.0 Å². The van der Waals surface area contributed by atoms with E-state index in [0.717, 1.165) is 37.2 Å². The highest BCUT2D eigenvalue weighted by atomic mass is 16.5. The van der Waals surface area contributed by atoms with Crippen LogP contribution in [-0.2, 0) is 10.2 Å². The van der Waals surface area contributed by atoms with Crippen molar-refractivity contribution in [3.05, 3.63) is 47.5 Å². The third-order valence-corrected chi connectivity index (χ3v) is 7.07. The minimum atomic E-state index is -0.963. The van der Waals surface area contributed by atoms with Gasteiger partial charge in [0.15, 0.2) is 11.5 Å². The number of nitrogens with zero attached hydrogens (tertiary/aromatic N) is 2. The largest absolute Gasteiger partial charge is 0.504 e. The summed E-state index contributed by atoms with van der Waals surface area (Å²) in [6.07, 6.45) is 2.16. The monoisotopic (exact) mass is 408 g/mol. The Balaban J connectivity index is 1.49. The van der Waals surface area contributed by atoms with Crippen LogP contribution in [0.3, 0.4) is 0 Å². The molecule has 3 aliphatic heterocycles. The molecule has 6 heteroatoms. The summed E-state index contributed by atoms with van der Waals surface area (Å²) in [5.41, 5.74) is 1.51. The number of piperidine rings is 1. The number of benzene rings is 2. The van der Waals surface area contributed by atoms with Crippen molar-refractivity contribution < 1.29 is 19.7 Å². The SMILES string of the molecule is CC(C)N1CCC(CN2C(=O)C3(COc4cc(O)c(O)cc43)c3ccccc32)CC1. The maximum absolute atomic E-state index is 13.9. The second-order valence-electron chi connectivity index (χ2n) is 9.04. The van der Waals surface area contributed by atoms with Crippen LogP contribution in [0.15, 0.2) is 36.4 Å². The number of phenols is 2. The van der Waals surface area contributed by atoms with Crippen LogP contribution < -0.4 is 9.64 Å². The van der Waals surface area contributed by atoms with Gasteiger partial charge in [0.05, 0.1) is 0 Å². The quantitative estimate of drug-likeness (QED) is 0.763. The van der Waals surface area contributed by atoms with E-state index in [4.69, 9.17) is 4.74 Å². The molecule has 0 saturated carbocycles. The Kier molecular flexibility index (Phi) is 4.43. The van der Waals surface area contributed by atoms with E-state index >= 15 is 0 Å². The number of hydrogen-bond donors (Lipinski definition) is 2. The van der Waals surface area contributed by atoms with Gasteiger partial charge in [0.1, 0.15) is 17.8 Å². The van der Waals surface area contributed by atoms with Crippen LogP contribution in [0.2, 0.25) is 0 Å². The van der Waals surface area contributed by atoms with Gasteiger partial charge in [-0.3, -0.25) is 4.79 Å². The van der Waals surface area contributed by atoms with Crippen molar-refractivity contribution in [3.63, 3.8) is 0 Å². The van der Waals surface area contributed by atoms with Crippen LogP contribution in [0.25, 0.3) is 0 Å². The van der Waals surface area contributed by atoms with E-state index in [0.29, 0.717) is 29.8 Å². The van der Waals surface area contributed by atoms with Crippen LogP contribution in [0, 0.1) is 5.92 Å². The van der Waals surface area contributed by atoms with Crippen molar-refractivity contribution in [2.75, 3.05) is 31.1 Å². The molecule has 2 aromatic rings. The van der Waals surface area contributed by atoms with Crippen molar-refractivity contribution in [3.8, 4) is 17.2 Å². The Morgan fingerprint density at radius 1 is 1.10 bits per heavy atom. The Morgan fingerprint density at radius 3 is 2.53 bits per heavy atom. The Bertz CT molecular complexity index is 997. The van der Waals surface area contributed by atoms with Crippen LogP contribution >= 0.6 is 0 Å². The van der Waals surface area contributed by atoms with Crippen molar-refractivity contribution in [1.82, 2.24) is 4.90 Å². The first kappa shape index (κ1) is 19.2. The molecule has 1 unspecified atom stereocenters. The number of anilines is 1. The molecular weight excluding hydrogens is 380 g/mol. The summed E-state index contributed by atoms with van der Waals surface area (Å²) in [5, 5.41) is 20.0. The average molecular weight is 408 g/mol. The summed E-state index contributed by atoms with van der Waals surface area (Å²) in [7, 11) is 0. The first-order valence-electron chi connectivity index (χ1n) is 10.8. The third-order valence-electron chi connectivity index (χ3n) is 7.07. The van der Waals surface area contributed by atoms with Gasteiger partial charge in [0.25, 0.3) is 0 Å². The summed E-state index contributed by atoms with van der Waals surface area (Å²) in [5.74, 6) is 0.447. The number of carbonyl (C=O) groups is 1. The molecule has 5 rings (SSSR count). The molecule has 0 aliphatic carbocycles. The summed E-state index contributed by atoms with van der Waals surface area (Å²) < 4.78 is 5.85. The molecule has 3 heterocycles. The predicted molar refractivity (Wildman–Crippen MR) is 114 cm³/mol. The second kappa shape index (κ2) is 6.91. The fraction of sp³-hybridized carbons (Fsp3) is 0.458. The normalized spacial score (nSPS) is 23.8. The average Bonchev–Trinajstić information content (AvgIpc) is 3.21. The van der Waals surface area contributed by atoms with Gasteiger partial charge >= 0.3 is 0 Å². The van der Waals surface area contributed by atoms with Gasteiger partial charge in [-0.15, -0.1) is 0 Å². The van der Waals surface area contributed by atoms with Gasteiger partial charge in [-0.1, -0.05) is 18.2 Å². The van der Waals surface area contributed by atoms with Crippen LogP contribution in [0.5, 0.6) is 17.2 Å². The standard InChI is InChI=1S/C24H28N2O4/c1-15(2)25-9-7-16(8-10-25)13-26-19-6-4-3-5-17(19)24(23(26)29)14-30-22-12-21(28)20(27)11-18(22)24/h3-6,11-12,15-16,27-28H,7-10,13-14H2,1-2H3. The number of hydrogen-bond acceptors (Lipinski definition) is 5. The van der Waals surface area contributed by atoms with Crippen molar-refractivity contribution in [2.24, 2.45) is 5.92 Å². The molecule has 2 N–H and O–H groups in total. The zero-order valence-electron chi connectivity index (χ0n) is 17.5. The zero-order valence-corrected chi connectivity index (χ0v) is 17.5. The number of fused-ring (bicyclic) bond motifs is 4. The Hall–Kier alpha value is -2.73. The molecule has 1 saturated heterocycles. The summed E-state index contributed by atoms with van der Waals surface area (Å²) in [4.78, 5) is 18.3. The molecule has 1 spiro atoms. The van der Waals surface area contributed by atoms with Gasteiger partial charge < -0.3 is 24.7 Å². The van der Waals surface area contributed by atoms with Gasteiger partial charge in [0, 0.05) is 29.9 Å². The lowest BCUT2D eigenvalue weighted by Crippen LogP contribution is -2.46. The van der Waals surface area contributed by atoms with Gasteiger partial charge in [-0.05, 0) is 63.4 Å². The number of rotatable bonds is 3. The van der Waals surface area contributed by atoms with E-state index in [1.807, 2.05) is 29.2 Å². The summed E-state index contributed by atoms with van der Waals surface area (Å²) >= 11 is 0. The van der Waals surface area contributed by atoms with Crippen LogP contribution in [0.1, 0.15) is 37.8 Å². The highest BCUT2D eigenvalue weighted by Gasteiger charge is 2.57.